The third kappa shape index (κ3) is 80.5. The molecule has 0 fully saturated rings. The van der Waals surface area contributed by atoms with Crippen molar-refractivity contribution in [3.05, 3.63) is 35.9 Å². The molecule has 2 heteroatoms. The molecule has 0 radical (unpaired) electrons. The number of aliphatic carboxylic acids is 1. The van der Waals surface area contributed by atoms with E-state index in [4.69, 9.17) is 9.90 Å². The lowest BCUT2D eigenvalue weighted by atomic mass is 10.2. The zero-order chi connectivity index (χ0) is 16.7. The first-order chi connectivity index (χ1) is 9.13. The fourth-order valence-corrected chi connectivity index (χ4v) is 0.534. The summed E-state index contributed by atoms with van der Waals surface area (Å²) in [6, 6.07) is 10.3. The van der Waals surface area contributed by atoms with Crippen LogP contribution in [-0.4, -0.2) is 11.1 Å². The zero-order valence-corrected chi connectivity index (χ0v) is 14.7. The maximum atomic E-state index is 9.00. The van der Waals surface area contributed by atoms with Gasteiger partial charge in [0.1, 0.15) is 0 Å². The lowest BCUT2D eigenvalue weighted by Gasteiger charge is -1.82. The molecule has 0 amide bonds. The van der Waals surface area contributed by atoms with Gasteiger partial charge in [-0.15, -0.1) is 0 Å². The number of carboxylic acids is 1. The molecule has 0 bridgehead atoms. The molecule has 0 aliphatic heterocycles. The van der Waals surface area contributed by atoms with Gasteiger partial charge in [-0.25, -0.2) is 0 Å². The molecule has 0 atom stereocenters. The number of benzene rings is 1. The van der Waals surface area contributed by atoms with Gasteiger partial charge in [-0.3, -0.25) is 4.79 Å². The van der Waals surface area contributed by atoms with Crippen LogP contribution in [0.4, 0.5) is 0 Å². The van der Waals surface area contributed by atoms with Crippen molar-refractivity contribution in [1.82, 2.24) is 0 Å². The second-order valence-corrected chi connectivity index (χ2v) is 2.17. The SMILES string of the molecule is CC.CC.CC.CC.CC(=O)O.Cc1ccccc1. The van der Waals surface area contributed by atoms with Gasteiger partial charge in [0.25, 0.3) is 5.97 Å². The van der Waals surface area contributed by atoms with Crippen LogP contribution in [0.3, 0.4) is 0 Å². The summed E-state index contributed by atoms with van der Waals surface area (Å²) in [6.07, 6.45) is 0. The Morgan fingerprint density at radius 1 is 0.789 bits per heavy atom. The fourth-order valence-electron chi connectivity index (χ4n) is 0.534. The topological polar surface area (TPSA) is 37.3 Å². The molecule has 1 rings (SSSR count). The Bertz CT molecular complexity index is 202. The van der Waals surface area contributed by atoms with Crippen molar-refractivity contribution in [2.45, 2.75) is 69.2 Å². The number of aryl methyl sites for hydroxylation is 1. The Hall–Kier alpha value is -1.31. The Morgan fingerprint density at radius 3 is 1.11 bits per heavy atom. The highest BCUT2D eigenvalue weighted by atomic mass is 16.4. The molecule has 19 heavy (non-hydrogen) atoms. The summed E-state index contributed by atoms with van der Waals surface area (Å²) in [7, 11) is 0. The molecule has 1 aromatic carbocycles. The van der Waals surface area contributed by atoms with E-state index in [9.17, 15) is 0 Å². The molecule has 0 spiro atoms. The molecule has 2 nitrogen and oxygen atoms in total. The molecule has 0 aromatic heterocycles. The quantitative estimate of drug-likeness (QED) is 0.611. The van der Waals surface area contributed by atoms with Gasteiger partial charge in [0.2, 0.25) is 0 Å². The van der Waals surface area contributed by atoms with E-state index in [2.05, 4.69) is 19.1 Å². The lowest BCUT2D eigenvalue weighted by Crippen LogP contribution is -1.78. The normalized spacial score (nSPS) is 5.79. The van der Waals surface area contributed by atoms with Gasteiger partial charge in [0, 0.05) is 6.92 Å². The van der Waals surface area contributed by atoms with Crippen LogP contribution < -0.4 is 0 Å². The molecule has 0 heterocycles. The number of rotatable bonds is 0. The third-order valence-corrected chi connectivity index (χ3v) is 0.940. The van der Waals surface area contributed by atoms with Crippen LogP contribution in [0.5, 0.6) is 0 Å². The van der Waals surface area contributed by atoms with Crippen LogP contribution in [0.15, 0.2) is 30.3 Å². The summed E-state index contributed by atoms with van der Waals surface area (Å²) < 4.78 is 0. The van der Waals surface area contributed by atoms with Crippen LogP contribution in [0.1, 0.15) is 67.9 Å². The minimum absolute atomic E-state index is 0.833. The van der Waals surface area contributed by atoms with Crippen LogP contribution >= 0.6 is 0 Å². The molecule has 0 aliphatic rings. The number of hydrogen-bond acceptors (Lipinski definition) is 1. The first-order valence-corrected chi connectivity index (χ1v) is 7.34. The highest BCUT2D eigenvalue weighted by Crippen LogP contribution is 1.92. The minimum atomic E-state index is -0.833. The molecule has 0 unspecified atom stereocenters. The number of carboxylic acid groups (broad SMARTS) is 1. The Labute approximate surface area is 121 Å². The van der Waals surface area contributed by atoms with E-state index in [0.717, 1.165) is 6.92 Å². The number of carbonyl (C=O) groups is 1. The van der Waals surface area contributed by atoms with Crippen molar-refractivity contribution in [3.63, 3.8) is 0 Å². The van der Waals surface area contributed by atoms with Crippen molar-refractivity contribution in [2.75, 3.05) is 0 Å². The van der Waals surface area contributed by atoms with Gasteiger partial charge in [0.15, 0.2) is 0 Å². The van der Waals surface area contributed by atoms with E-state index < -0.39 is 5.97 Å². The van der Waals surface area contributed by atoms with Gasteiger partial charge in [-0.05, 0) is 6.92 Å². The average Bonchev–Trinajstić information content (AvgIpc) is 2.48. The average molecular weight is 272 g/mol. The smallest absolute Gasteiger partial charge is 0.300 e. The summed E-state index contributed by atoms with van der Waals surface area (Å²) in [5.41, 5.74) is 1.32. The van der Waals surface area contributed by atoms with Crippen molar-refractivity contribution >= 4 is 5.97 Å². The van der Waals surface area contributed by atoms with Gasteiger partial charge >= 0.3 is 0 Å². The van der Waals surface area contributed by atoms with E-state index in [-0.39, 0.29) is 0 Å². The van der Waals surface area contributed by atoms with E-state index in [1.165, 1.54) is 5.56 Å². The largest absolute Gasteiger partial charge is 0.481 e. The predicted octanol–water partition coefficient (Wildman–Crippen LogP) is 6.19. The first kappa shape index (κ1) is 30.6. The van der Waals surface area contributed by atoms with Crippen LogP contribution in [0, 0.1) is 6.92 Å². The highest BCUT2D eigenvalue weighted by Gasteiger charge is 1.72. The minimum Gasteiger partial charge on any atom is -0.481 e. The van der Waals surface area contributed by atoms with Crippen molar-refractivity contribution in [3.8, 4) is 0 Å². The maximum Gasteiger partial charge on any atom is 0.300 e. The zero-order valence-electron chi connectivity index (χ0n) is 14.7. The van der Waals surface area contributed by atoms with E-state index >= 15 is 0 Å². The third-order valence-electron chi connectivity index (χ3n) is 0.940. The molecule has 116 valence electrons. The maximum absolute atomic E-state index is 9.00. The Balaban J connectivity index is -0.0000000475. The van der Waals surface area contributed by atoms with Crippen LogP contribution in [0.25, 0.3) is 0 Å². The highest BCUT2D eigenvalue weighted by molar-refractivity contribution is 5.62. The van der Waals surface area contributed by atoms with E-state index in [1.807, 2.05) is 73.6 Å². The second kappa shape index (κ2) is 43.8. The molecule has 1 N–H and O–H groups in total. The van der Waals surface area contributed by atoms with Crippen molar-refractivity contribution in [2.24, 2.45) is 0 Å². The summed E-state index contributed by atoms with van der Waals surface area (Å²) in [5.74, 6) is -0.833. The van der Waals surface area contributed by atoms with Crippen molar-refractivity contribution < 1.29 is 9.90 Å². The summed E-state index contributed by atoms with van der Waals surface area (Å²) in [4.78, 5) is 9.00. The summed E-state index contributed by atoms with van der Waals surface area (Å²) in [5, 5.41) is 7.42. The Morgan fingerprint density at radius 2 is 1.00 bits per heavy atom. The van der Waals surface area contributed by atoms with Crippen molar-refractivity contribution in [1.29, 1.82) is 0 Å². The van der Waals surface area contributed by atoms with Gasteiger partial charge in [0.05, 0.1) is 0 Å². The molecule has 1 aromatic rings. The standard InChI is InChI=1S/C7H8.C2H4O2.4C2H6/c1-7-5-3-2-4-6-7;1-2(3)4;4*1-2/h2-6H,1H3;1H3,(H,3,4);4*1-2H3. The molecular formula is C17H36O2. The van der Waals surface area contributed by atoms with Gasteiger partial charge in [-0.1, -0.05) is 91.3 Å². The molecule has 0 saturated carbocycles. The summed E-state index contributed by atoms with van der Waals surface area (Å²) >= 11 is 0. The van der Waals surface area contributed by atoms with Crippen LogP contribution in [0.2, 0.25) is 0 Å². The van der Waals surface area contributed by atoms with Gasteiger partial charge < -0.3 is 5.11 Å². The first-order valence-electron chi connectivity index (χ1n) is 7.34. The molecular weight excluding hydrogens is 236 g/mol. The Kier molecular flexibility index (Phi) is 70.5. The monoisotopic (exact) mass is 272 g/mol. The summed E-state index contributed by atoms with van der Waals surface area (Å²) in [6.45, 7) is 19.2. The molecule has 0 saturated heterocycles. The number of hydrogen-bond donors (Lipinski definition) is 1. The lowest BCUT2D eigenvalue weighted by molar-refractivity contribution is -0.134. The van der Waals surface area contributed by atoms with E-state index in [0.29, 0.717) is 0 Å². The predicted molar refractivity (Wildman–Crippen MR) is 89.9 cm³/mol. The van der Waals surface area contributed by atoms with E-state index in [1.54, 1.807) is 0 Å². The van der Waals surface area contributed by atoms with Crippen LogP contribution in [-0.2, 0) is 4.79 Å². The van der Waals surface area contributed by atoms with Gasteiger partial charge in [-0.2, -0.15) is 0 Å². The fraction of sp³-hybridized carbons (Fsp3) is 0.588. The second-order valence-electron chi connectivity index (χ2n) is 2.17. The molecule has 0 aliphatic carbocycles.